The van der Waals surface area contributed by atoms with Gasteiger partial charge >= 0.3 is 0 Å². The van der Waals surface area contributed by atoms with E-state index in [1.165, 1.54) is 34.9 Å². The van der Waals surface area contributed by atoms with E-state index >= 15 is 0 Å². The van der Waals surface area contributed by atoms with E-state index < -0.39 is 22.0 Å². The maximum atomic E-state index is 13.5. The highest BCUT2D eigenvalue weighted by atomic mass is 35.5. The van der Waals surface area contributed by atoms with Crippen molar-refractivity contribution in [2.45, 2.75) is 11.0 Å². The average Bonchev–Trinajstić information content (AvgIpc) is 3.36. The van der Waals surface area contributed by atoms with E-state index in [2.05, 4.69) is 15.5 Å². The number of carbonyl (C=O) groups is 1. The molecule has 4 aromatic rings. The number of fused-ring (bicyclic) bond motifs is 1. The van der Waals surface area contributed by atoms with Crippen LogP contribution in [0.3, 0.4) is 0 Å². The second-order valence-electron chi connectivity index (χ2n) is 7.69. The highest BCUT2D eigenvalue weighted by Crippen LogP contribution is 2.37. The van der Waals surface area contributed by atoms with Crippen LogP contribution in [0.2, 0.25) is 5.02 Å². The number of ether oxygens (including phenoxy) is 2. The van der Waals surface area contributed by atoms with Crippen LogP contribution >= 0.6 is 22.9 Å². The summed E-state index contributed by atoms with van der Waals surface area (Å²) in [5, 5.41) is 12.3. The first-order chi connectivity index (χ1) is 17.3. The smallest absolute Gasteiger partial charge is 0.269 e. The highest BCUT2D eigenvalue weighted by Gasteiger charge is 2.37. The van der Waals surface area contributed by atoms with Crippen LogP contribution in [0, 0.1) is 0 Å². The summed E-state index contributed by atoms with van der Waals surface area (Å²) in [5.74, 6) is 0.266. The molecule has 2 heterocycles. The zero-order chi connectivity index (χ0) is 25.3. The number of rotatable bonds is 6. The van der Waals surface area contributed by atoms with Gasteiger partial charge in [0.25, 0.3) is 15.9 Å². The number of halogens is 1. The fourth-order valence-corrected chi connectivity index (χ4v) is 5.96. The Labute approximate surface area is 216 Å². The third-order valence-electron chi connectivity index (χ3n) is 5.42. The summed E-state index contributed by atoms with van der Waals surface area (Å²) >= 11 is 7.12. The van der Waals surface area contributed by atoms with Crippen LogP contribution in [-0.2, 0) is 14.8 Å². The minimum absolute atomic E-state index is 0.0656. The van der Waals surface area contributed by atoms with Crippen molar-refractivity contribution in [2.24, 2.45) is 0 Å². The molecule has 1 aromatic heterocycles. The number of anilines is 2. The van der Waals surface area contributed by atoms with E-state index in [4.69, 9.17) is 21.1 Å². The summed E-state index contributed by atoms with van der Waals surface area (Å²) in [6.07, 6.45) is -1.11. The maximum absolute atomic E-state index is 13.5. The molecule has 0 spiro atoms. The normalized spacial score (nSPS) is 15.1. The van der Waals surface area contributed by atoms with Crippen molar-refractivity contribution in [3.63, 3.8) is 0 Å². The molecule has 1 amide bonds. The number of aromatic nitrogens is 2. The topological polar surface area (TPSA) is 111 Å². The molecule has 9 nitrogen and oxygen atoms in total. The van der Waals surface area contributed by atoms with Crippen molar-refractivity contribution in [1.82, 2.24) is 10.2 Å². The second kappa shape index (κ2) is 9.76. The molecule has 5 rings (SSSR count). The van der Waals surface area contributed by atoms with Crippen LogP contribution in [0.25, 0.3) is 10.6 Å². The number of hydrogen-bond donors (Lipinski definition) is 1. The molecule has 184 valence electrons. The Morgan fingerprint density at radius 2 is 1.81 bits per heavy atom. The van der Waals surface area contributed by atoms with Gasteiger partial charge in [-0.25, -0.2) is 8.42 Å². The number of para-hydroxylation sites is 2. The Hall–Kier alpha value is -3.67. The number of sulfonamides is 1. The number of carbonyl (C=O) groups excluding carboxylic acids is 1. The van der Waals surface area contributed by atoms with Crippen molar-refractivity contribution in [3.8, 4) is 22.1 Å². The molecular weight excluding hydrogens is 524 g/mol. The van der Waals surface area contributed by atoms with Crippen LogP contribution in [0.4, 0.5) is 10.8 Å². The Balaban J connectivity index is 1.39. The molecule has 0 fully saturated rings. The monoisotopic (exact) mass is 542 g/mol. The molecule has 1 aliphatic rings. The van der Waals surface area contributed by atoms with Crippen molar-refractivity contribution in [1.29, 1.82) is 0 Å². The van der Waals surface area contributed by atoms with E-state index in [1.54, 1.807) is 60.7 Å². The minimum atomic E-state index is -3.99. The summed E-state index contributed by atoms with van der Waals surface area (Å²) in [6, 6.07) is 19.8. The Morgan fingerprint density at radius 3 is 2.53 bits per heavy atom. The molecule has 3 aromatic carbocycles. The van der Waals surface area contributed by atoms with Crippen molar-refractivity contribution >= 4 is 49.7 Å². The first-order valence-corrected chi connectivity index (χ1v) is 13.3. The lowest BCUT2D eigenvalue weighted by Gasteiger charge is -2.34. The van der Waals surface area contributed by atoms with E-state index in [0.717, 1.165) is 5.56 Å². The number of benzene rings is 3. The lowest BCUT2D eigenvalue weighted by Crippen LogP contribution is -2.48. The first kappa shape index (κ1) is 24.0. The molecular formula is C24H19ClN4O5S2. The fourth-order valence-electron chi connectivity index (χ4n) is 3.61. The molecule has 0 radical (unpaired) electrons. The second-order valence-corrected chi connectivity index (χ2v) is 11.0. The van der Waals surface area contributed by atoms with Gasteiger partial charge in [-0.05, 0) is 48.5 Å². The zero-order valence-electron chi connectivity index (χ0n) is 18.8. The Bertz CT molecular complexity index is 1510. The van der Waals surface area contributed by atoms with E-state index in [1.807, 2.05) is 0 Å². The van der Waals surface area contributed by atoms with Crippen LogP contribution in [0.1, 0.15) is 0 Å². The standard InChI is InChI=1S/C24H19ClN4O5S2/c1-33-17-10-12-18(13-11-17)36(31,32)29-14-21(34-20-5-3-2-4-19(20)29)22(30)26-24-28-27-23(35-24)15-6-8-16(25)9-7-15/h2-13,21H,14H2,1H3,(H,26,28,30)/t21-/m0/s1. The highest BCUT2D eigenvalue weighted by molar-refractivity contribution is 7.92. The quantitative estimate of drug-likeness (QED) is 0.383. The number of amides is 1. The summed E-state index contributed by atoms with van der Waals surface area (Å²) in [6.45, 7) is -0.222. The van der Waals surface area contributed by atoms with Gasteiger partial charge in [0.05, 0.1) is 24.2 Å². The van der Waals surface area contributed by atoms with Crippen molar-refractivity contribution < 1.29 is 22.7 Å². The van der Waals surface area contributed by atoms with Gasteiger partial charge in [0.15, 0.2) is 6.10 Å². The molecule has 1 aliphatic heterocycles. The molecule has 12 heteroatoms. The Morgan fingerprint density at radius 1 is 1.08 bits per heavy atom. The van der Waals surface area contributed by atoms with Gasteiger partial charge in [0, 0.05) is 10.6 Å². The summed E-state index contributed by atoms with van der Waals surface area (Å²) in [4.78, 5) is 13.2. The SMILES string of the molecule is COc1ccc(S(=O)(=O)N2C[C@@H](C(=O)Nc3nnc(-c4ccc(Cl)cc4)s3)Oc3ccccc32)cc1. The summed E-state index contributed by atoms with van der Waals surface area (Å²) in [5.41, 5.74) is 1.15. The fraction of sp³-hybridized carbons (Fsp3) is 0.125. The summed E-state index contributed by atoms with van der Waals surface area (Å²) < 4.78 is 39.2. The van der Waals surface area contributed by atoms with Gasteiger partial charge < -0.3 is 9.47 Å². The Kier molecular flexibility index (Phi) is 6.52. The molecule has 0 bridgehead atoms. The van der Waals surface area contributed by atoms with Crippen LogP contribution in [0.15, 0.2) is 77.7 Å². The van der Waals surface area contributed by atoms with E-state index in [9.17, 15) is 13.2 Å². The zero-order valence-corrected chi connectivity index (χ0v) is 21.2. The molecule has 0 unspecified atom stereocenters. The predicted octanol–water partition coefficient (Wildman–Crippen LogP) is 4.46. The number of hydrogen-bond acceptors (Lipinski definition) is 8. The molecule has 0 saturated carbocycles. The maximum Gasteiger partial charge on any atom is 0.269 e. The number of nitrogens with zero attached hydrogens (tertiary/aromatic N) is 3. The molecule has 0 aliphatic carbocycles. The van der Waals surface area contributed by atoms with Crippen LogP contribution in [0.5, 0.6) is 11.5 Å². The lowest BCUT2D eigenvalue weighted by molar-refractivity contribution is -0.122. The van der Waals surface area contributed by atoms with Gasteiger partial charge in [0.2, 0.25) is 5.13 Å². The van der Waals surface area contributed by atoms with Gasteiger partial charge in [-0.2, -0.15) is 0 Å². The molecule has 1 N–H and O–H groups in total. The molecule has 1 atom stereocenters. The van der Waals surface area contributed by atoms with Crippen molar-refractivity contribution in [3.05, 3.63) is 77.8 Å². The van der Waals surface area contributed by atoms with Gasteiger partial charge in [-0.3, -0.25) is 14.4 Å². The third kappa shape index (κ3) is 4.72. The minimum Gasteiger partial charge on any atom is -0.497 e. The van der Waals surface area contributed by atoms with Crippen molar-refractivity contribution in [2.75, 3.05) is 23.3 Å². The van der Waals surface area contributed by atoms with Gasteiger partial charge in [-0.15, -0.1) is 10.2 Å². The van der Waals surface area contributed by atoms with Crippen LogP contribution in [-0.4, -0.2) is 44.3 Å². The average molecular weight is 543 g/mol. The van der Waals surface area contributed by atoms with E-state index in [-0.39, 0.29) is 22.3 Å². The van der Waals surface area contributed by atoms with E-state index in [0.29, 0.717) is 21.5 Å². The number of nitrogens with one attached hydrogen (secondary N) is 1. The van der Waals surface area contributed by atoms with Gasteiger partial charge in [-0.1, -0.05) is 47.2 Å². The predicted molar refractivity (Wildman–Crippen MR) is 137 cm³/mol. The first-order valence-electron chi connectivity index (χ1n) is 10.7. The summed E-state index contributed by atoms with van der Waals surface area (Å²) in [7, 11) is -2.49. The van der Waals surface area contributed by atoms with Crippen LogP contribution < -0.4 is 19.1 Å². The molecule has 0 saturated heterocycles. The molecule has 36 heavy (non-hydrogen) atoms. The van der Waals surface area contributed by atoms with Gasteiger partial charge in [0.1, 0.15) is 16.5 Å². The lowest BCUT2D eigenvalue weighted by atomic mass is 10.2. The number of methoxy groups -OCH3 is 1. The largest absolute Gasteiger partial charge is 0.497 e. The third-order valence-corrected chi connectivity index (χ3v) is 8.35.